The molecule has 0 spiro atoms. The summed E-state index contributed by atoms with van der Waals surface area (Å²) in [5.74, 6) is 1.51. The average Bonchev–Trinajstić information content (AvgIpc) is 3.03. The normalized spacial score (nSPS) is 46.6. The van der Waals surface area contributed by atoms with Crippen molar-refractivity contribution in [2.24, 2.45) is 17.8 Å². The fourth-order valence-corrected chi connectivity index (χ4v) is 4.15. The monoisotopic (exact) mass is 253 g/mol. The number of carbonyl (C=O) groups is 1. The zero-order valence-corrected chi connectivity index (χ0v) is 11.0. The third kappa shape index (κ3) is 2.05. The van der Waals surface area contributed by atoms with E-state index in [0.29, 0.717) is 11.8 Å². The van der Waals surface area contributed by atoms with Crippen LogP contribution >= 0.6 is 0 Å². The van der Waals surface area contributed by atoms with Gasteiger partial charge >= 0.3 is 0 Å². The summed E-state index contributed by atoms with van der Waals surface area (Å²) in [6, 6.07) is 0.181. The molecule has 6 unspecified atom stereocenters. The van der Waals surface area contributed by atoms with Gasteiger partial charge in [-0.3, -0.25) is 4.79 Å². The van der Waals surface area contributed by atoms with E-state index in [0.717, 1.165) is 12.8 Å². The maximum Gasteiger partial charge on any atom is 0.249 e. The van der Waals surface area contributed by atoms with Gasteiger partial charge in [0.2, 0.25) is 5.91 Å². The Hall–Kier alpha value is -0.610. The Balaban J connectivity index is 1.60. The molecule has 1 aliphatic heterocycles. The number of amides is 1. The molecule has 3 rings (SSSR count). The minimum atomic E-state index is -0.265. The highest BCUT2D eigenvalue weighted by Crippen LogP contribution is 2.48. The first-order valence-corrected chi connectivity index (χ1v) is 7.25. The minimum absolute atomic E-state index is 0.0374. The number of hydrogen-bond donors (Lipinski definition) is 2. The first-order valence-electron chi connectivity index (χ1n) is 7.25. The molecule has 2 bridgehead atoms. The molecular formula is C14H23NO3. The van der Waals surface area contributed by atoms with E-state index in [1.807, 2.05) is 6.92 Å². The minimum Gasteiger partial charge on any atom is -0.396 e. The molecule has 2 saturated carbocycles. The van der Waals surface area contributed by atoms with Gasteiger partial charge in [-0.2, -0.15) is 0 Å². The lowest BCUT2D eigenvalue weighted by Crippen LogP contribution is -2.48. The molecule has 3 fully saturated rings. The van der Waals surface area contributed by atoms with Crippen molar-refractivity contribution in [3.05, 3.63) is 0 Å². The molecule has 0 radical (unpaired) electrons. The average molecular weight is 253 g/mol. The van der Waals surface area contributed by atoms with Crippen molar-refractivity contribution in [3.8, 4) is 0 Å². The third-order valence-corrected chi connectivity index (χ3v) is 5.13. The molecule has 2 N–H and O–H groups in total. The third-order valence-electron chi connectivity index (χ3n) is 5.13. The summed E-state index contributed by atoms with van der Waals surface area (Å²) in [6.45, 7) is 2.22. The molecule has 1 heterocycles. The van der Waals surface area contributed by atoms with E-state index in [-0.39, 0.29) is 36.7 Å². The first-order chi connectivity index (χ1) is 8.69. The second-order valence-corrected chi connectivity index (χ2v) is 6.23. The van der Waals surface area contributed by atoms with Crippen LogP contribution in [0.25, 0.3) is 0 Å². The number of nitrogens with one attached hydrogen (secondary N) is 1. The number of hydrogen-bond acceptors (Lipinski definition) is 3. The summed E-state index contributed by atoms with van der Waals surface area (Å²) in [7, 11) is 0. The van der Waals surface area contributed by atoms with Gasteiger partial charge in [-0.05, 0) is 50.9 Å². The molecule has 4 heteroatoms. The van der Waals surface area contributed by atoms with E-state index in [1.54, 1.807) is 0 Å². The summed E-state index contributed by atoms with van der Waals surface area (Å²) in [5.41, 5.74) is 0. The summed E-state index contributed by atoms with van der Waals surface area (Å²) in [4.78, 5) is 12.2. The standard InChI is InChI=1S/C14H23NO3/c1-8-2-5-12(18-8)14(17)15-13-10-4-3-9(6-10)11(13)7-16/h8-13,16H,2-7H2,1H3,(H,15,17). The Labute approximate surface area is 108 Å². The maximum absolute atomic E-state index is 12.2. The molecule has 1 saturated heterocycles. The maximum atomic E-state index is 12.2. The van der Waals surface area contributed by atoms with Crippen LogP contribution in [0.2, 0.25) is 0 Å². The van der Waals surface area contributed by atoms with Gasteiger partial charge in [-0.25, -0.2) is 0 Å². The Morgan fingerprint density at radius 2 is 2.06 bits per heavy atom. The van der Waals surface area contributed by atoms with Crippen LogP contribution in [0.4, 0.5) is 0 Å². The molecule has 2 aliphatic carbocycles. The van der Waals surface area contributed by atoms with E-state index in [4.69, 9.17) is 4.74 Å². The van der Waals surface area contributed by atoms with E-state index in [1.165, 1.54) is 19.3 Å². The number of ether oxygens (including phenoxy) is 1. The molecular weight excluding hydrogens is 230 g/mol. The predicted octanol–water partition coefficient (Wildman–Crippen LogP) is 1.08. The quantitative estimate of drug-likeness (QED) is 0.791. The topological polar surface area (TPSA) is 58.6 Å². The van der Waals surface area contributed by atoms with E-state index in [9.17, 15) is 9.90 Å². The highest BCUT2D eigenvalue weighted by atomic mass is 16.5. The van der Waals surface area contributed by atoms with Crippen molar-refractivity contribution in [2.75, 3.05) is 6.61 Å². The number of carbonyl (C=O) groups excluding carboxylic acids is 1. The lowest BCUT2D eigenvalue weighted by molar-refractivity contribution is -0.133. The Morgan fingerprint density at radius 1 is 1.28 bits per heavy atom. The summed E-state index contributed by atoms with van der Waals surface area (Å²) >= 11 is 0. The summed E-state index contributed by atoms with van der Waals surface area (Å²) in [5, 5.41) is 12.6. The highest BCUT2D eigenvalue weighted by molar-refractivity contribution is 5.81. The lowest BCUT2D eigenvalue weighted by atomic mass is 9.85. The van der Waals surface area contributed by atoms with Crippen LogP contribution in [0.5, 0.6) is 0 Å². The van der Waals surface area contributed by atoms with Crippen LogP contribution in [0, 0.1) is 17.8 Å². The van der Waals surface area contributed by atoms with Crippen molar-refractivity contribution < 1.29 is 14.6 Å². The van der Waals surface area contributed by atoms with Crippen molar-refractivity contribution in [2.45, 2.75) is 57.3 Å². The lowest BCUT2D eigenvalue weighted by Gasteiger charge is -2.31. The van der Waals surface area contributed by atoms with Crippen molar-refractivity contribution >= 4 is 5.91 Å². The van der Waals surface area contributed by atoms with E-state index >= 15 is 0 Å². The van der Waals surface area contributed by atoms with Gasteiger partial charge in [-0.15, -0.1) is 0 Å². The van der Waals surface area contributed by atoms with Crippen LogP contribution in [-0.4, -0.2) is 35.9 Å². The number of fused-ring (bicyclic) bond motifs is 2. The van der Waals surface area contributed by atoms with E-state index < -0.39 is 0 Å². The number of aliphatic hydroxyl groups excluding tert-OH is 1. The summed E-state index contributed by atoms with van der Waals surface area (Å²) in [6.07, 6.45) is 5.34. The molecule has 4 nitrogen and oxygen atoms in total. The van der Waals surface area contributed by atoms with Gasteiger partial charge in [0.25, 0.3) is 0 Å². The first kappa shape index (κ1) is 12.4. The van der Waals surface area contributed by atoms with Gasteiger partial charge in [0, 0.05) is 18.6 Å². The van der Waals surface area contributed by atoms with Crippen molar-refractivity contribution in [1.29, 1.82) is 0 Å². The second kappa shape index (κ2) is 4.82. The summed E-state index contributed by atoms with van der Waals surface area (Å²) < 4.78 is 5.61. The van der Waals surface area contributed by atoms with Gasteiger partial charge in [0.1, 0.15) is 6.10 Å². The Morgan fingerprint density at radius 3 is 2.72 bits per heavy atom. The van der Waals surface area contributed by atoms with E-state index in [2.05, 4.69) is 5.32 Å². The van der Waals surface area contributed by atoms with Gasteiger partial charge in [0.05, 0.1) is 6.10 Å². The van der Waals surface area contributed by atoms with Crippen LogP contribution in [0.3, 0.4) is 0 Å². The van der Waals surface area contributed by atoms with Gasteiger partial charge in [0.15, 0.2) is 0 Å². The fraction of sp³-hybridized carbons (Fsp3) is 0.929. The molecule has 0 aromatic carbocycles. The molecule has 102 valence electrons. The predicted molar refractivity (Wildman–Crippen MR) is 66.9 cm³/mol. The smallest absolute Gasteiger partial charge is 0.249 e. The van der Waals surface area contributed by atoms with Crippen molar-refractivity contribution in [1.82, 2.24) is 5.32 Å². The highest BCUT2D eigenvalue weighted by Gasteiger charge is 2.48. The fourth-order valence-electron chi connectivity index (χ4n) is 4.15. The molecule has 0 aromatic heterocycles. The zero-order valence-electron chi connectivity index (χ0n) is 11.0. The van der Waals surface area contributed by atoms with Gasteiger partial charge in [-0.1, -0.05) is 0 Å². The Kier molecular flexibility index (Phi) is 3.32. The molecule has 0 aromatic rings. The van der Waals surface area contributed by atoms with Crippen LogP contribution < -0.4 is 5.32 Å². The second-order valence-electron chi connectivity index (χ2n) is 6.23. The Bertz CT molecular complexity index is 333. The SMILES string of the molecule is CC1CCC(C(=O)NC2C3CCC(C3)C2CO)O1. The largest absolute Gasteiger partial charge is 0.396 e. The molecule has 18 heavy (non-hydrogen) atoms. The van der Waals surface area contributed by atoms with Crippen molar-refractivity contribution in [3.63, 3.8) is 0 Å². The molecule has 6 atom stereocenters. The molecule has 3 aliphatic rings. The number of aliphatic hydroxyl groups is 1. The number of rotatable bonds is 3. The van der Waals surface area contributed by atoms with Crippen LogP contribution in [-0.2, 0) is 9.53 Å². The van der Waals surface area contributed by atoms with Gasteiger partial charge < -0.3 is 15.2 Å². The zero-order chi connectivity index (χ0) is 12.7. The molecule has 1 amide bonds. The van der Waals surface area contributed by atoms with Crippen LogP contribution in [0.1, 0.15) is 39.0 Å². The van der Waals surface area contributed by atoms with Crippen LogP contribution in [0.15, 0.2) is 0 Å².